The highest BCUT2D eigenvalue weighted by Gasteiger charge is 2.08. The standard InChI is InChI=1S/C6H7ClN6/c1-12-3-2-5(9-12)13-6(4-7)8-10-11-13/h2-3H,4H2,1H3. The first kappa shape index (κ1) is 8.18. The zero-order chi connectivity index (χ0) is 9.26. The largest absolute Gasteiger partial charge is 0.274 e. The maximum atomic E-state index is 5.63. The Hall–Kier alpha value is -1.43. The maximum absolute atomic E-state index is 5.63. The van der Waals surface area contributed by atoms with E-state index in [-0.39, 0.29) is 5.88 Å². The van der Waals surface area contributed by atoms with Crippen LogP contribution in [0.2, 0.25) is 0 Å². The highest BCUT2D eigenvalue weighted by atomic mass is 35.5. The van der Waals surface area contributed by atoms with Gasteiger partial charge < -0.3 is 0 Å². The second-order valence-electron chi connectivity index (χ2n) is 2.49. The zero-order valence-electron chi connectivity index (χ0n) is 6.92. The molecule has 0 amide bonds. The van der Waals surface area contributed by atoms with Crippen LogP contribution in [0.15, 0.2) is 12.3 Å². The van der Waals surface area contributed by atoms with Gasteiger partial charge in [-0.15, -0.1) is 16.7 Å². The third-order valence-electron chi connectivity index (χ3n) is 1.57. The first-order chi connectivity index (χ1) is 6.31. The van der Waals surface area contributed by atoms with Gasteiger partial charge in [0.05, 0.1) is 5.88 Å². The summed E-state index contributed by atoms with van der Waals surface area (Å²) in [5.74, 6) is 1.52. The molecular formula is C6H7ClN6. The van der Waals surface area contributed by atoms with Gasteiger partial charge in [0.2, 0.25) is 0 Å². The van der Waals surface area contributed by atoms with Crippen LogP contribution in [0.1, 0.15) is 5.82 Å². The Morgan fingerprint density at radius 3 is 3.00 bits per heavy atom. The molecule has 0 unspecified atom stereocenters. The normalized spacial score (nSPS) is 10.6. The Balaban J connectivity index is 2.45. The van der Waals surface area contributed by atoms with E-state index >= 15 is 0 Å². The highest BCUT2D eigenvalue weighted by Crippen LogP contribution is 2.05. The molecule has 2 aromatic heterocycles. The van der Waals surface area contributed by atoms with Crippen LogP contribution in [0.4, 0.5) is 0 Å². The van der Waals surface area contributed by atoms with E-state index in [0.29, 0.717) is 11.6 Å². The molecule has 2 rings (SSSR count). The van der Waals surface area contributed by atoms with E-state index < -0.39 is 0 Å². The average molecular weight is 199 g/mol. The Morgan fingerprint density at radius 2 is 2.38 bits per heavy atom. The molecule has 2 heterocycles. The van der Waals surface area contributed by atoms with Gasteiger partial charge in [-0.2, -0.15) is 9.78 Å². The Bertz CT molecular complexity index is 405. The molecule has 0 saturated carbocycles. The van der Waals surface area contributed by atoms with Gasteiger partial charge in [-0.05, 0) is 10.4 Å². The van der Waals surface area contributed by atoms with E-state index in [4.69, 9.17) is 11.6 Å². The molecule has 7 heteroatoms. The number of hydrogen-bond donors (Lipinski definition) is 0. The van der Waals surface area contributed by atoms with Crippen LogP contribution in [-0.2, 0) is 12.9 Å². The van der Waals surface area contributed by atoms with Crippen molar-refractivity contribution in [3.8, 4) is 5.82 Å². The number of rotatable bonds is 2. The molecule has 0 spiro atoms. The van der Waals surface area contributed by atoms with Gasteiger partial charge in [0, 0.05) is 19.3 Å². The monoisotopic (exact) mass is 198 g/mol. The summed E-state index contributed by atoms with van der Waals surface area (Å²) in [6, 6.07) is 1.81. The van der Waals surface area contributed by atoms with Gasteiger partial charge in [0.25, 0.3) is 0 Å². The summed E-state index contributed by atoms with van der Waals surface area (Å²) in [6.07, 6.45) is 1.81. The van der Waals surface area contributed by atoms with Crippen LogP contribution in [0, 0.1) is 0 Å². The van der Waals surface area contributed by atoms with E-state index in [1.54, 1.807) is 4.68 Å². The molecule has 0 aliphatic carbocycles. The lowest BCUT2D eigenvalue weighted by Crippen LogP contribution is -2.03. The maximum Gasteiger partial charge on any atom is 0.178 e. The fraction of sp³-hybridized carbons (Fsp3) is 0.333. The number of alkyl halides is 1. The third-order valence-corrected chi connectivity index (χ3v) is 1.81. The molecule has 13 heavy (non-hydrogen) atoms. The number of nitrogens with zero attached hydrogens (tertiary/aromatic N) is 6. The topological polar surface area (TPSA) is 61.4 Å². The van der Waals surface area contributed by atoms with Crippen molar-refractivity contribution in [3.05, 3.63) is 18.1 Å². The number of halogens is 1. The Kier molecular flexibility index (Phi) is 1.97. The molecule has 0 N–H and O–H groups in total. The molecule has 0 bridgehead atoms. The first-order valence-corrected chi connectivity index (χ1v) is 4.18. The molecule has 0 aromatic carbocycles. The van der Waals surface area contributed by atoms with E-state index in [9.17, 15) is 0 Å². The molecule has 0 aliphatic rings. The summed E-state index contributed by atoms with van der Waals surface area (Å²) in [5, 5.41) is 15.2. The van der Waals surface area contributed by atoms with E-state index in [1.807, 2.05) is 19.3 Å². The minimum absolute atomic E-state index is 0.267. The molecule has 6 nitrogen and oxygen atoms in total. The van der Waals surface area contributed by atoms with Crippen molar-refractivity contribution in [1.29, 1.82) is 0 Å². The van der Waals surface area contributed by atoms with Crippen molar-refractivity contribution in [2.45, 2.75) is 5.88 Å². The minimum Gasteiger partial charge on any atom is -0.274 e. The molecular weight excluding hydrogens is 192 g/mol. The van der Waals surface area contributed by atoms with Gasteiger partial charge in [-0.3, -0.25) is 4.68 Å². The van der Waals surface area contributed by atoms with Gasteiger partial charge in [-0.1, -0.05) is 0 Å². The molecule has 68 valence electrons. The summed E-state index contributed by atoms with van der Waals surface area (Å²) in [7, 11) is 1.83. The van der Waals surface area contributed by atoms with Gasteiger partial charge in [0.15, 0.2) is 11.6 Å². The Morgan fingerprint density at radius 1 is 1.54 bits per heavy atom. The van der Waals surface area contributed by atoms with Crippen LogP contribution in [0.5, 0.6) is 0 Å². The number of aryl methyl sites for hydroxylation is 1. The first-order valence-electron chi connectivity index (χ1n) is 3.64. The van der Waals surface area contributed by atoms with Crippen LogP contribution < -0.4 is 0 Å². The van der Waals surface area contributed by atoms with E-state index in [2.05, 4.69) is 20.6 Å². The fourth-order valence-corrected chi connectivity index (χ4v) is 1.15. The summed E-state index contributed by atoms with van der Waals surface area (Å²) >= 11 is 5.63. The van der Waals surface area contributed by atoms with Crippen molar-refractivity contribution in [2.24, 2.45) is 7.05 Å². The minimum atomic E-state index is 0.267. The van der Waals surface area contributed by atoms with E-state index in [1.165, 1.54) is 4.68 Å². The lowest BCUT2D eigenvalue weighted by molar-refractivity contribution is 0.705. The van der Waals surface area contributed by atoms with E-state index in [0.717, 1.165) is 0 Å². The second kappa shape index (κ2) is 3.14. The van der Waals surface area contributed by atoms with Crippen molar-refractivity contribution >= 4 is 11.6 Å². The summed E-state index contributed by atoms with van der Waals surface area (Å²) in [4.78, 5) is 0. The van der Waals surface area contributed by atoms with Crippen molar-refractivity contribution in [2.75, 3.05) is 0 Å². The molecule has 0 aliphatic heterocycles. The van der Waals surface area contributed by atoms with Crippen molar-refractivity contribution < 1.29 is 0 Å². The fourth-order valence-electron chi connectivity index (χ4n) is 0.983. The Labute approximate surface area is 79.1 Å². The summed E-state index contributed by atoms with van der Waals surface area (Å²) < 4.78 is 3.18. The van der Waals surface area contributed by atoms with Crippen LogP contribution in [0.3, 0.4) is 0 Å². The second-order valence-corrected chi connectivity index (χ2v) is 2.76. The lowest BCUT2D eigenvalue weighted by atomic mass is 10.6. The number of hydrogen-bond acceptors (Lipinski definition) is 4. The number of aromatic nitrogens is 6. The van der Waals surface area contributed by atoms with Crippen LogP contribution in [0.25, 0.3) is 5.82 Å². The van der Waals surface area contributed by atoms with Crippen LogP contribution >= 0.6 is 11.6 Å². The quantitative estimate of drug-likeness (QED) is 0.644. The third kappa shape index (κ3) is 1.40. The predicted octanol–water partition coefficient (Wildman–Crippen LogP) is 0.135. The van der Waals surface area contributed by atoms with Crippen molar-refractivity contribution in [1.82, 2.24) is 30.0 Å². The lowest BCUT2D eigenvalue weighted by Gasteiger charge is -1.95. The molecule has 2 aromatic rings. The molecule has 0 atom stereocenters. The summed E-state index contributed by atoms with van der Waals surface area (Å²) in [6.45, 7) is 0. The predicted molar refractivity (Wildman–Crippen MR) is 45.5 cm³/mol. The molecule has 0 saturated heterocycles. The zero-order valence-corrected chi connectivity index (χ0v) is 7.68. The summed E-state index contributed by atoms with van der Waals surface area (Å²) in [5.41, 5.74) is 0. The van der Waals surface area contributed by atoms with Crippen molar-refractivity contribution in [3.63, 3.8) is 0 Å². The van der Waals surface area contributed by atoms with Gasteiger partial charge >= 0.3 is 0 Å². The highest BCUT2D eigenvalue weighted by molar-refractivity contribution is 6.16. The molecule has 0 radical (unpaired) electrons. The SMILES string of the molecule is Cn1ccc(-n2nnnc2CCl)n1. The van der Waals surface area contributed by atoms with Gasteiger partial charge in [-0.25, -0.2) is 0 Å². The smallest absolute Gasteiger partial charge is 0.178 e. The molecule has 0 fully saturated rings. The number of tetrazole rings is 1. The average Bonchev–Trinajstić information content (AvgIpc) is 2.71. The van der Waals surface area contributed by atoms with Crippen LogP contribution in [-0.4, -0.2) is 30.0 Å². The van der Waals surface area contributed by atoms with Gasteiger partial charge in [0.1, 0.15) is 0 Å².